The Bertz CT molecular complexity index is 761. The lowest BCUT2D eigenvalue weighted by Crippen LogP contribution is -2.43. The first-order chi connectivity index (χ1) is 12.5. The van der Waals surface area contributed by atoms with Crippen LogP contribution in [0.3, 0.4) is 0 Å². The third kappa shape index (κ3) is 5.81. The lowest BCUT2D eigenvalue weighted by atomic mass is 10.2. The fourth-order valence-corrected chi connectivity index (χ4v) is 2.12. The Labute approximate surface area is 153 Å². The smallest absolute Gasteiger partial charge is 0.276 e. The Hall–Kier alpha value is -3.02. The molecule has 0 radical (unpaired) electrons. The molecule has 2 aromatic carbocycles. The zero-order valence-corrected chi connectivity index (χ0v) is 15.2. The van der Waals surface area contributed by atoms with Gasteiger partial charge in [0.2, 0.25) is 0 Å². The number of benzene rings is 2. The van der Waals surface area contributed by atoms with E-state index in [4.69, 9.17) is 9.47 Å². The van der Waals surface area contributed by atoms with E-state index < -0.39 is 11.8 Å². The standard InChI is InChI=1S/C20H24N2O4/c1-4-15(3)26-17-10-7-9-16(12-17)20(24)22-21-19(23)13-25-18-11-6-5-8-14(18)2/h5-12,15H,4,13H2,1-3H3,(H,21,23)(H,22,24). The number of rotatable bonds is 7. The van der Waals surface area contributed by atoms with Gasteiger partial charge in [-0.15, -0.1) is 0 Å². The molecular weight excluding hydrogens is 332 g/mol. The zero-order chi connectivity index (χ0) is 18.9. The van der Waals surface area contributed by atoms with Gasteiger partial charge in [0, 0.05) is 5.56 Å². The van der Waals surface area contributed by atoms with E-state index in [1.807, 2.05) is 39.0 Å². The first-order valence-corrected chi connectivity index (χ1v) is 8.54. The molecule has 0 aliphatic carbocycles. The molecule has 0 spiro atoms. The van der Waals surface area contributed by atoms with Gasteiger partial charge in [0.1, 0.15) is 11.5 Å². The molecule has 2 N–H and O–H groups in total. The van der Waals surface area contributed by atoms with Crippen LogP contribution in [0.1, 0.15) is 36.2 Å². The maximum Gasteiger partial charge on any atom is 0.276 e. The van der Waals surface area contributed by atoms with Crippen molar-refractivity contribution in [1.82, 2.24) is 10.9 Å². The number of ether oxygens (including phenoxy) is 2. The van der Waals surface area contributed by atoms with Crippen LogP contribution in [0.4, 0.5) is 0 Å². The van der Waals surface area contributed by atoms with Crippen LogP contribution < -0.4 is 20.3 Å². The normalized spacial score (nSPS) is 11.3. The van der Waals surface area contributed by atoms with E-state index in [1.54, 1.807) is 30.3 Å². The van der Waals surface area contributed by atoms with Crippen molar-refractivity contribution in [3.8, 4) is 11.5 Å². The van der Waals surface area contributed by atoms with Gasteiger partial charge in [-0.05, 0) is 50.1 Å². The summed E-state index contributed by atoms with van der Waals surface area (Å²) in [5.41, 5.74) is 6.04. The molecule has 2 rings (SSSR count). The van der Waals surface area contributed by atoms with E-state index in [9.17, 15) is 9.59 Å². The number of hydrogen-bond donors (Lipinski definition) is 2. The Balaban J connectivity index is 1.83. The minimum absolute atomic E-state index is 0.0617. The van der Waals surface area contributed by atoms with Crippen molar-refractivity contribution in [1.29, 1.82) is 0 Å². The molecule has 26 heavy (non-hydrogen) atoms. The highest BCUT2D eigenvalue weighted by molar-refractivity contribution is 5.95. The fraction of sp³-hybridized carbons (Fsp3) is 0.300. The van der Waals surface area contributed by atoms with Gasteiger partial charge in [-0.1, -0.05) is 31.2 Å². The van der Waals surface area contributed by atoms with Crippen LogP contribution in [-0.2, 0) is 4.79 Å². The molecule has 0 aliphatic rings. The molecule has 0 fully saturated rings. The number of amides is 2. The Kier molecular flexibility index (Phi) is 7.02. The zero-order valence-electron chi connectivity index (χ0n) is 15.2. The van der Waals surface area contributed by atoms with Crippen molar-refractivity contribution in [2.75, 3.05) is 6.61 Å². The third-order valence-corrected chi connectivity index (χ3v) is 3.78. The van der Waals surface area contributed by atoms with Gasteiger partial charge in [0.15, 0.2) is 6.61 Å². The Morgan fingerprint density at radius 2 is 1.85 bits per heavy atom. The predicted molar refractivity (Wildman–Crippen MR) is 99.1 cm³/mol. The second-order valence-corrected chi connectivity index (χ2v) is 5.92. The number of carbonyl (C=O) groups excluding carboxylic acids is 2. The highest BCUT2D eigenvalue weighted by Gasteiger charge is 2.10. The summed E-state index contributed by atoms with van der Waals surface area (Å²) in [6.07, 6.45) is 0.930. The first kappa shape index (κ1) is 19.3. The Morgan fingerprint density at radius 3 is 2.58 bits per heavy atom. The third-order valence-electron chi connectivity index (χ3n) is 3.78. The second kappa shape index (κ2) is 9.46. The molecule has 1 atom stereocenters. The van der Waals surface area contributed by atoms with Gasteiger partial charge in [-0.2, -0.15) is 0 Å². The van der Waals surface area contributed by atoms with E-state index in [0.717, 1.165) is 12.0 Å². The first-order valence-electron chi connectivity index (χ1n) is 8.54. The molecule has 2 amide bonds. The maximum absolute atomic E-state index is 12.2. The summed E-state index contributed by atoms with van der Waals surface area (Å²) in [6, 6.07) is 14.2. The number of aryl methyl sites for hydroxylation is 1. The molecule has 0 bridgehead atoms. The average molecular weight is 356 g/mol. The summed E-state index contributed by atoms with van der Waals surface area (Å²) in [4.78, 5) is 24.0. The van der Waals surface area contributed by atoms with E-state index in [-0.39, 0.29) is 12.7 Å². The highest BCUT2D eigenvalue weighted by Crippen LogP contribution is 2.16. The molecule has 6 nitrogen and oxygen atoms in total. The minimum atomic E-state index is -0.450. The number of hydrazine groups is 1. The lowest BCUT2D eigenvalue weighted by Gasteiger charge is -2.13. The van der Waals surface area contributed by atoms with Crippen LogP contribution in [-0.4, -0.2) is 24.5 Å². The van der Waals surface area contributed by atoms with Crippen LogP contribution in [0.2, 0.25) is 0 Å². The monoisotopic (exact) mass is 356 g/mol. The number of nitrogens with one attached hydrogen (secondary N) is 2. The highest BCUT2D eigenvalue weighted by atomic mass is 16.5. The largest absolute Gasteiger partial charge is 0.491 e. The molecular formula is C20H24N2O4. The van der Waals surface area contributed by atoms with Crippen LogP contribution in [0.25, 0.3) is 0 Å². The lowest BCUT2D eigenvalue weighted by molar-refractivity contribution is -0.123. The van der Waals surface area contributed by atoms with Crippen LogP contribution in [0, 0.1) is 6.92 Å². The minimum Gasteiger partial charge on any atom is -0.491 e. The Morgan fingerprint density at radius 1 is 1.08 bits per heavy atom. The number of para-hydroxylation sites is 1. The van der Waals surface area contributed by atoms with Crippen LogP contribution >= 0.6 is 0 Å². The fourth-order valence-electron chi connectivity index (χ4n) is 2.12. The van der Waals surface area contributed by atoms with E-state index in [0.29, 0.717) is 17.1 Å². The van der Waals surface area contributed by atoms with E-state index in [2.05, 4.69) is 10.9 Å². The second-order valence-electron chi connectivity index (χ2n) is 5.92. The van der Waals surface area contributed by atoms with Crippen molar-refractivity contribution in [2.24, 2.45) is 0 Å². The summed E-state index contributed by atoms with van der Waals surface area (Å²) in [5.74, 6) is 0.363. The van der Waals surface area contributed by atoms with Crippen molar-refractivity contribution < 1.29 is 19.1 Å². The predicted octanol–water partition coefficient (Wildman–Crippen LogP) is 3.01. The average Bonchev–Trinajstić information content (AvgIpc) is 2.65. The summed E-state index contributed by atoms with van der Waals surface area (Å²) < 4.78 is 11.1. The van der Waals surface area contributed by atoms with Gasteiger partial charge in [-0.25, -0.2) is 0 Å². The molecule has 1 unspecified atom stereocenters. The topological polar surface area (TPSA) is 76.7 Å². The summed E-state index contributed by atoms with van der Waals surface area (Å²) in [6.45, 7) is 5.68. The molecule has 0 heterocycles. The summed E-state index contributed by atoms with van der Waals surface area (Å²) >= 11 is 0. The van der Waals surface area contributed by atoms with Crippen LogP contribution in [0.15, 0.2) is 48.5 Å². The van der Waals surface area contributed by atoms with Crippen molar-refractivity contribution in [3.05, 3.63) is 59.7 Å². The molecule has 0 saturated carbocycles. The molecule has 2 aromatic rings. The molecule has 6 heteroatoms. The molecule has 138 valence electrons. The summed E-state index contributed by atoms with van der Waals surface area (Å²) in [7, 11) is 0. The van der Waals surface area contributed by atoms with Gasteiger partial charge >= 0.3 is 0 Å². The van der Waals surface area contributed by atoms with Gasteiger partial charge in [0.25, 0.3) is 11.8 Å². The van der Waals surface area contributed by atoms with Gasteiger partial charge < -0.3 is 9.47 Å². The van der Waals surface area contributed by atoms with E-state index >= 15 is 0 Å². The van der Waals surface area contributed by atoms with Crippen molar-refractivity contribution in [3.63, 3.8) is 0 Å². The maximum atomic E-state index is 12.2. The number of carbonyl (C=O) groups is 2. The van der Waals surface area contributed by atoms with Gasteiger partial charge in [0.05, 0.1) is 6.10 Å². The van der Waals surface area contributed by atoms with Gasteiger partial charge in [-0.3, -0.25) is 20.4 Å². The number of hydrogen-bond acceptors (Lipinski definition) is 4. The van der Waals surface area contributed by atoms with Crippen molar-refractivity contribution in [2.45, 2.75) is 33.3 Å². The molecule has 0 aliphatic heterocycles. The summed E-state index contributed by atoms with van der Waals surface area (Å²) in [5, 5.41) is 0. The molecule has 0 aromatic heterocycles. The molecule has 0 saturated heterocycles. The quantitative estimate of drug-likeness (QED) is 0.748. The van der Waals surface area contributed by atoms with Crippen LogP contribution in [0.5, 0.6) is 11.5 Å². The SMILES string of the molecule is CCC(C)Oc1cccc(C(=O)NNC(=O)COc2ccccc2C)c1. The van der Waals surface area contributed by atoms with Crippen molar-refractivity contribution >= 4 is 11.8 Å². The van der Waals surface area contributed by atoms with E-state index in [1.165, 1.54) is 0 Å².